The third kappa shape index (κ3) is 3.07. The molecule has 6 rings (SSSR count). The van der Waals surface area contributed by atoms with E-state index in [2.05, 4.69) is 5.32 Å². The molecule has 7 heteroatoms. The van der Waals surface area contributed by atoms with Gasteiger partial charge in [-0.25, -0.2) is 0 Å². The number of imide groups is 1. The maximum Gasteiger partial charge on any atom is 0.235 e. The number of likely N-dealkylation sites (tertiary alicyclic amines) is 1. The molecule has 4 unspecified atom stereocenters. The number of hydrogen-bond donors (Lipinski definition) is 3. The molecule has 3 aliphatic rings. The summed E-state index contributed by atoms with van der Waals surface area (Å²) in [5.41, 5.74) is 1.90. The molecule has 2 heterocycles. The Morgan fingerprint density at radius 2 is 1.60 bits per heavy atom. The van der Waals surface area contributed by atoms with Crippen LogP contribution in [-0.2, 0) is 32.8 Å². The van der Waals surface area contributed by atoms with Crippen molar-refractivity contribution in [2.24, 2.45) is 17.8 Å². The number of amides is 3. The third-order valence-electron chi connectivity index (χ3n) is 7.85. The first-order chi connectivity index (χ1) is 16.9. The highest BCUT2D eigenvalue weighted by molar-refractivity contribution is 6.15. The number of aromatic hydroxyl groups is 2. The molecule has 4 atom stereocenters. The van der Waals surface area contributed by atoms with E-state index >= 15 is 0 Å². The molecule has 3 aromatic carbocycles. The molecule has 3 aromatic rings. The lowest BCUT2D eigenvalue weighted by Crippen LogP contribution is -2.44. The average Bonchev–Trinajstić information content (AvgIpc) is 3.43. The van der Waals surface area contributed by atoms with Crippen LogP contribution in [0.4, 0.5) is 5.69 Å². The van der Waals surface area contributed by atoms with Gasteiger partial charge < -0.3 is 15.5 Å². The van der Waals surface area contributed by atoms with Gasteiger partial charge in [0.2, 0.25) is 17.7 Å². The number of benzene rings is 3. The maximum atomic E-state index is 13.9. The maximum absolute atomic E-state index is 13.9. The van der Waals surface area contributed by atoms with Crippen LogP contribution in [0.5, 0.6) is 11.5 Å². The molecular formula is C28H24N2O5. The summed E-state index contributed by atoms with van der Waals surface area (Å²) in [5, 5.41) is 22.7. The van der Waals surface area contributed by atoms with Gasteiger partial charge in [0.25, 0.3) is 0 Å². The minimum Gasteiger partial charge on any atom is -0.504 e. The summed E-state index contributed by atoms with van der Waals surface area (Å²) in [6, 6.07) is 21.3. The van der Waals surface area contributed by atoms with Crippen LogP contribution in [0, 0.1) is 17.8 Å². The van der Waals surface area contributed by atoms with Crippen LogP contribution in [0.15, 0.2) is 72.8 Å². The van der Waals surface area contributed by atoms with Crippen LogP contribution < -0.4 is 5.32 Å². The minimum atomic E-state index is -1.12. The lowest BCUT2D eigenvalue weighted by atomic mass is 9.71. The van der Waals surface area contributed by atoms with Gasteiger partial charge in [0.05, 0.1) is 23.8 Å². The quantitative estimate of drug-likeness (QED) is 0.402. The summed E-state index contributed by atoms with van der Waals surface area (Å²) in [6.45, 7) is 0.164. The second-order valence-corrected chi connectivity index (χ2v) is 9.71. The molecular weight excluding hydrogens is 444 g/mol. The molecule has 1 saturated heterocycles. The van der Waals surface area contributed by atoms with Crippen molar-refractivity contribution in [3.63, 3.8) is 0 Å². The number of phenols is 2. The predicted molar refractivity (Wildman–Crippen MR) is 127 cm³/mol. The van der Waals surface area contributed by atoms with Gasteiger partial charge in [0, 0.05) is 5.69 Å². The number of para-hydroxylation sites is 1. The number of nitrogens with zero attached hydrogens (tertiary/aromatic N) is 1. The van der Waals surface area contributed by atoms with E-state index in [1.54, 1.807) is 6.07 Å². The smallest absolute Gasteiger partial charge is 0.235 e. The number of hydrogen-bond acceptors (Lipinski definition) is 5. The fourth-order valence-electron chi connectivity index (χ4n) is 6.38. The Labute approximate surface area is 202 Å². The van der Waals surface area contributed by atoms with Crippen LogP contribution in [0.3, 0.4) is 0 Å². The Morgan fingerprint density at radius 1 is 0.857 bits per heavy atom. The third-order valence-corrected chi connectivity index (χ3v) is 7.85. The second kappa shape index (κ2) is 7.70. The number of fused-ring (bicyclic) bond motifs is 4. The van der Waals surface area contributed by atoms with E-state index in [1.165, 1.54) is 17.0 Å². The first kappa shape index (κ1) is 21.4. The Morgan fingerprint density at radius 3 is 2.37 bits per heavy atom. The average molecular weight is 469 g/mol. The second-order valence-electron chi connectivity index (χ2n) is 9.71. The summed E-state index contributed by atoms with van der Waals surface area (Å²) in [5.74, 6) is -3.02. The van der Waals surface area contributed by atoms with Crippen LogP contribution in [0.1, 0.15) is 23.1 Å². The van der Waals surface area contributed by atoms with Gasteiger partial charge in [-0.2, -0.15) is 0 Å². The fourth-order valence-corrected chi connectivity index (χ4v) is 6.38. The number of nitrogens with one attached hydrogen (secondary N) is 1. The molecule has 3 N–H and O–H groups in total. The normalized spacial score (nSPS) is 26.8. The van der Waals surface area contributed by atoms with Gasteiger partial charge in [-0.05, 0) is 53.6 Å². The van der Waals surface area contributed by atoms with Crippen molar-refractivity contribution in [3.05, 3.63) is 89.5 Å². The fraction of sp³-hybridized carbons (Fsp3) is 0.250. The van der Waals surface area contributed by atoms with Gasteiger partial charge in [0.1, 0.15) is 0 Å². The van der Waals surface area contributed by atoms with E-state index < -0.39 is 17.3 Å². The molecule has 1 saturated carbocycles. The molecule has 1 spiro atoms. The zero-order chi connectivity index (χ0) is 24.3. The van der Waals surface area contributed by atoms with E-state index in [0.29, 0.717) is 18.5 Å². The molecule has 0 radical (unpaired) electrons. The lowest BCUT2D eigenvalue weighted by molar-refractivity contribution is -0.143. The van der Waals surface area contributed by atoms with Crippen molar-refractivity contribution >= 4 is 23.4 Å². The molecule has 0 bridgehead atoms. The van der Waals surface area contributed by atoms with E-state index in [9.17, 15) is 24.6 Å². The molecule has 176 valence electrons. The van der Waals surface area contributed by atoms with E-state index in [4.69, 9.17) is 0 Å². The lowest BCUT2D eigenvalue weighted by Gasteiger charge is -2.28. The topological polar surface area (TPSA) is 107 Å². The zero-order valence-corrected chi connectivity index (χ0v) is 18.8. The highest BCUT2D eigenvalue weighted by atomic mass is 16.3. The van der Waals surface area contributed by atoms with Crippen molar-refractivity contribution in [2.45, 2.75) is 24.8 Å². The van der Waals surface area contributed by atoms with Gasteiger partial charge >= 0.3 is 0 Å². The van der Waals surface area contributed by atoms with Crippen molar-refractivity contribution in [1.82, 2.24) is 4.90 Å². The van der Waals surface area contributed by atoms with Crippen molar-refractivity contribution in [1.29, 1.82) is 0 Å². The molecule has 1 aliphatic carbocycles. The molecule has 0 aromatic heterocycles. The molecule has 35 heavy (non-hydrogen) atoms. The Hall–Kier alpha value is -4.13. The highest BCUT2D eigenvalue weighted by Gasteiger charge is 2.70. The molecule has 2 fully saturated rings. The van der Waals surface area contributed by atoms with Gasteiger partial charge in [0.15, 0.2) is 11.5 Å². The number of phenolic OH excluding ortho intramolecular Hbond substituents is 2. The van der Waals surface area contributed by atoms with E-state index in [1.807, 2.05) is 54.6 Å². The summed E-state index contributed by atoms with van der Waals surface area (Å²) in [4.78, 5) is 42.5. The summed E-state index contributed by atoms with van der Waals surface area (Å²) in [7, 11) is 0. The molecule has 3 amide bonds. The number of anilines is 1. The predicted octanol–water partition coefficient (Wildman–Crippen LogP) is 3.35. The Bertz CT molecular complexity index is 1370. The number of rotatable bonds is 4. The molecule has 2 aliphatic heterocycles. The summed E-state index contributed by atoms with van der Waals surface area (Å²) in [6.07, 6.45) is 0.744. The first-order valence-corrected chi connectivity index (χ1v) is 11.7. The first-order valence-electron chi connectivity index (χ1n) is 11.7. The van der Waals surface area contributed by atoms with Gasteiger partial charge in [-0.1, -0.05) is 54.6 Å². The van der Waals surface area contributed by atoms with Crippen LogP contribution in [0.2, 0.25) is 0 Å². The Balaban J connectivity index is 1.44. The van der Waals surface area contributed by atoms with E-state index in [-0.39, 0.29) is 41.7 Å². The largest absolute Gasteiger partial charge is 0.504 e. The number of carbonyl (C=O) groups excluding carboxylic acids is 3. The highest BCUT2D eigenvalue weighted by Crippen LogP contribution is 2.60. The SMILES string of the molecule is O=C1C2C(Cc3ccc(O)c(O)c3)CC3(C(=O)Nc4ccccc43)C2C(=O)N1Cc1ccccc1. The summed E-state index contributed by atoms with van der Waals surface area (Å²) < 4.78 is 0. The van der Waals surface area contributed by atoms with Crippen molar-refractivity contribution < 1.29 is 24.6 Å². The molecule has 7 nitrogen and oxygen atoms in total. The van der Waals surface area contributed by atoms with Crippen LogP contribution >= 0.6 is 0 Å². The van der Waals surface area contributed by atoms with Gasteiger partial charge in [-0.3, -0.25) is 19.3 Å². The zero-order valence-electron chi connectivity index (χ0n) is 18.8. The van der Waals surface area contributed by atoms with Crippen LogP contribution in [0.25, 0.3) is 0 Å². The Kier molecular flexibility index (Phi) is 4.71. The van der Waals surface area contributed by atoms with Gasteiger partial charge in [-0.15, -0.1) is 0 Å². The monoisotopic (exact) mass is 468 g/mol. The van der Waals surface area contributed by atoms with Crippen molar-refractivity contribution in [3.8, 4) is 11.5 Å². The van der Waals surface area contributed by atoms with Crippen molar-refractivity contribution in [2.75, 3.05) is 5.32 Å². The van der Waals surface area contributed by atoms with E-state index in [0.717, 1.165) is 16.7 Å². The number of carbonyl (C=O) groups is 3. The standard InChI is InChI=1S/C28H24N2O5/c31-21-11-10-17(13-22(21)32)12-18-14-28(19-8-4-5-9-20(19)29-27(28)35)24-23(18)25(33)30(26(24)34)15-16-6-2-1-3-7-16/h1-11,13,18,23-24,31-32H,12,14-15H2,(H,29,35). The minimum absolute atomic E-state index is 0.164. The van der Waals surface area contributed by atoms with Crippen LogP contribution in [-0.4, -0.2) is 32.8 Å². The summed E-state index contributed by atoms with van der Waals surface area (Å²) >= 11 is 0.